The van der Waals surface area contributed by atoms with Gasteiger partial charge in [0, 0.05) is 32.9 Å². The van der Waals surface area contributed by atoms with Crippen molar-refractivity contribution in [3.05, 3.63) is 29.8 Å². The Hall–Kier alpha value is -1.55. The number of amides is 1. The molecule has 0 aliphatic carbocycles. The number of nitrogens with zero attached hydrogens (tertiary/aromatic N) is 1. The zero-order chi connectivity index (χ0) is 13.7. The molecule has 104 valence electrons. The quantitative estimate of drug-likeness (QED) is 0.863. The Morgan fingerprint density at radius 1 is 1.26 bits per heavy atom. The maximum Gasteiger partial charge on any atom is 0.237 e. The van der Waals surface area contributed by atoms with Gasteiger partial charge in [-0.3, -0.25) is 4.79 Å². The van der Waals surface area contributed by atoms with Crippen LogP contribution in [0.5, 0.6) is 0 Å². The number of carbonyl (C=O) groups is 1. The van der Waals surface area contributed by atoms with Crippen LogP contribution in [0.25, 0.3) is 0 Å². The van der Waals surface area contributed by atoms with Crippen molar-refractivity contribution in [1.29, 1.82) is 0 Å². The predicted molar refractivity (Wildman–Crippen MR) is 78.3 cm³/mol. The Kier molecular flexibility index (Phi) is 4.80. The van der Waals surface area contributed by atoms with Crippen LogP contribution in [-0.2, 0) is 11.3 Å². The number of anilines is 1. The zero-order valence-corrected chi connectivity index (χ0v) is 11.8. The highest BCUT2D eigenvalue weighted by molar-refractivity contribution is 5.81. The molecule has 0 bridgehead atoms. The van der Waals surface area contributed by atoms with E-state index in [-0.39, 0.29) is 11.9 Å². The van der Waals surface area contributed by atoms with Crippen molar-refractivity contribution in [1.82, 2.24) is 10.6 Å². The lowest BCUT2D eigenvalue weighted by Crippen LogP contribution is -2.42. The Balaban J connectivity index is 1.88. The highest BCUT2D eigenvalue weighted by atomic mass is 16.2. The van der Waals surface area contributed by atoms with E-state index >= 15 is 0 Å². The Bertz CT molecular complexity index is 414. The molecule has 0 radical (unpaired) electrons. The summed E-state index contributed by atoms with van der Waals surface area (Å²) in [6, 6.07) is 8.37. The molecule has 4 nitrogen and oxygen atoms in total. The monoisotopic (exact) mass is 261 g/mol. The Morgan fingerprint density at radius 2 is 2.00 bits per heavy atom. The van der Waals surface area contributed by atoms with E-state index in [1.807, 2.05) is 14.1 Å². The summed E-state index contributed by atoms with van der Waals surface area (Å²) in [7, 11) is 4.06. The van der Waals surface area contributed by atoms with Crippen molar-refractivity contribution in [2.24, 2.45) is 0 Å². The van der Waals surface area contributed by atoms with Crippen molar-refractivity contribution in [2.75, 3.05) is 25.5 Å². The first-order valence-electron chi connectivity index (χ1n) is 6.94. The van der Waals surface area contributed by atoms with E-state index in [1.165, 1.54) is 11.3 Å². The lowest BCUT2D eigenvalue weighted by molar-refractivity contribution is -0.122. The number of carbonyl (C=O) groups excluding carboxylic acids is 1. The summed E-state index contributed by atoms with van der Waals surface area (Å²) in [5.41, 5.74) is 2.40. The molecular formula is C15H23N3O. The minimum Gasteiger partial charge on any atom is -0.378 e. The molecule has 0 spiro atoms. The van der Waals surface area contributed by atoms with Gasteiger partial charge in [0.05, 0.1) is 6.04 Å². The van der Waals surface area contributed by atoms with Crippen LogP contribution in [-0.4, -0.2) is 32.6 Å². The first-order valence-corrected chi connectivity index (χ1v) is 6.94. The molecule has 1 aromatic rings. The van der Waals surface area contributed by atoms with Gasteiger partial charge in [0.15, 0.2) is 0 Å². The van der Waals surface area contributed by atoms with Gasteiger partial charge in [-0.1, -0.05) is 12.1 Å². The largest absolute Gasteiger partial charge is 0.378 e. The number of benzene rings is 1. The van der Waals surface area contributed by atoms with Gasteiger partial charge in [-0.15, -0.1) is 0 Å². The summed E-state index contributed by atoms with van der Waals surface area (Å²) < 4.78 is 0. The third kappa shape index (κ3) is 3.96. The van der Waals surface area contributed by atoms with E-state index in [4.69, 9.17) is 0 Å². The standard InChI is InChI=1S/C15H23N3O/c1-18(2)13-8-6-12(7-9-13)11-17-14-5-3-4-10-16-15(14)19/h6-9,14,17H,3-5,10-11H2,1-2H3,(H,16,19). The molecule has 1 heterocycles. The average molecular weight is 261 g/mol. The molecule has 1 aromatic carbocycles. The van der Waals surface area contributed by atoms with E-state index in [0.29, 0.717) is 0 Å². The second-order valence-corrected chi connectivity index (χ2v) is 5.28. The van der Waals surface area contributed by atoms with Crippen LogP contribution in [0.4, 0.5) is 5.69 Å². The smallest absolute Gasteiger partial charge is 0.237 e. The minimum atomic E-state index is -0.0453. The number of nitrogens with one attached hydrogen (secondary N) is 2. The molecule has 2 N–H and O–H groups in total. The van der Waals surface area contributed by atoms with Crippen LogP contribution in [0.15, 0.2) is 24.3 Å². The highest BCUT2D eigenvalue weighted by Crippen LogP contribution is 2.13. The topological polar surface area (TPSA) is 44.4 Å². The molecule has 1 aliphatic heterocycles. The zero-order valence-electron chi connectivity index (χ0n) is 11.8. The third-order valence-corrected chi connectivity index (χ3v) is 3.54. The van der Waals surface area contributed by atoms with Gasteiger partial charge in [-0.05, 0) is 37.0 Å². The van der Waals surface area contributed by atoms with Crippen LogP contribution in [0, 0.1) is 0 Å². The summed E-state index contributed by atoms with van der Waals surface area (Å²) in [4.78, 5) is 13.9. The van der Waals surface area contributed by atoms with Crippen LogP contribution in [0.3, 0.4) is 0 Å². The highest BCUT2D eigenvalue weighted by Gasteiger charge is 2.19. The lowest BCUT2D eigenvalue weighted by atomic mass is 10.1. The van der Waals surface area contributed by atoms with E-state index in [9.17, 15) is 4.79 Å². The van der Waals surface area contributed by atoms with Crippen molar-refractivity contribution < 1.29 is 4.79 Å². The number of hydrogen-bond acceptors (Lipinski definition) is 3. The van der Waals surface area contributed by atoms with Crippen LogP contribution in [0.1, 0.15) is 24.8 Å². The molecule has 2 rings (SSSR count). The van der Waals surface area contributed by atoms with Crippen molar-refractivity contribution >= 4 is 11.6 Å². The fourth-order valence-corrected chi connectivity index (χ4v) is 2.29. The molecule has 4 heteroatoms. The third-order valence-electron chi connectivity index (χ3n) is 3.54. The summed E-state index contributed by atoms with van der Waals surface area (Å²) in [5, 5.41) is 6.30. The fourth-order valence-electron chi connectivity index (χ4n) is 2.29. The second kappa shape index (κ2) is 6.57. The SMILES string of the molecule is CN(C)c1ccc(CNC2CCCCNC2=O)cc1. The predicted octanol–water partition coefficient (Wildman–Crippen LogP) is 1.51. The molecule has 19 heavy (non-hydrogen) atoms. The summed E-state index contributed by atoms with van der Waals surface area (Å²) in [5.74, 6) is 0.141. The molecule has 1 fully saturated rings. The molecule has 0 aromatic heterocycles. The molecule has 1 saturated heterocycles. The fraction of sp³-hybridized carbons (Fsp3) is 0.533. The number of rotatable bonds is 4. The van der Waals surface area contributed by atoms with Gasteiger partial charge < -0.3 is 15.5 Å². The minimum absolute atomic E-state index is 0.0453. The van der Waals surface area contributed by atoms with Crippen LogP contribution in [0.2, 0.25) is 0 Å². The van der Waals surface area contributed by atoms with Gasteiger partial charge in [0.1, 0.15) is 0 Å². The lowest BCUT2D eigenvalue weighted by Gasteiger charge is -2.16. The van der Waals surface area contributed by atoms with Gasteiger partial charge in [0.2, 0.25) is 5.91 Å². The molecule has 1 amide bonds. The van der Waals surface area contributed by atoms with Gasteiger partial charge >= 0.3 is 0 Å². The average Bonchev–Trinajstić information content (AvgIpc) is 2.61. The molecule has 1 unspecified atom stereocenters. The van der Waals surface area contributed by atoms with Gasteiger partial charge in [-0.2, -0.15) is 0 Å². The maximum absolute atomic E-state index is 11.8. The molecule has 0 saturated carbocycles. The summed E-state index contributed by atoms with van der Waals surface area (Å²) in [6.45, 7) is 1.56. The first kappa shape index (κ1) is 13.9. The number of hydrogen-bond donors (Lipinski definition) is 2. The summed E-state index contributed by atoms with van der Waals surface area (Å²) in [6.07, 6.45) is 3.12. The summed E-state index contributed by atoms with van der Waals surface area (Å²) >= 11 is 0. The van der Waals surface area contributed by atoms with Crippen molar-refractivity contribution in [3.63, 3.8) is 0 Å². The van der Waals surface area contributed by atoms with Crippen molar-refractivity contribution in [2.45, 2.75) is 31.8 Å². The van der Waals surface area contributed by atoms with E-state index in [1.54, 1.807) is 0 Å². The first-order chi connectivity index (χ1) is 9.16. The normalized spacial score (nSPS) is 19.7. The van der Waals surface area contributed by atoms with E-state index in [0.717, 1.165) is 32.4 Å². The van der Waals surface area contributed by atoms with Gasteiger partial charge in [-0.25, -0.2) is 0 Å². The van der Waals surface area contributed by atoms with Crippen LogP contribution < -0.4 is 15.5 Å². The van der Waals surface area contributed by atoms with Gasteiger partial charge in [0.25, 0.3) is 0 Å². The second-order valence-electron chi connectivity index (χ2n) is 5.28. The Morgan fingerprint density at radius 3 is 2.68 bits per heavy atom. The molecule has 1 atom stereocenters. The maximum atomic E-state index is 11.8. The molecular weight excluding hydrogens is 238 g/mol. The van der Waals surface area contributed by atoms with E-state index < -0.39 is 0 Å². The Labute approximate surface area is 115 Å². The molecule has 1 aliphatic rings. The van der Waals surface area contributed by atoms with Crippen molar-refractivity contribution in [3.8, 4) is 0 Å². The van der Waals surface area contributed by atoms with Crippen LogP contribution >= 0.6 is 0 Å². The van der Waals surface area contributed by atoms with E-state index in [2.05, 4.69) is 39.8 Å².